The molecule has 3 nitrogen and oxygen atoms in total. The Labute approximate surface area is 101 Å². The molecule has 17 heavy (non-hydrogen) atoms. The number of carbonyl (C=O) groups is 1. The quantitative estimate of drug-likeness (QED) is 0.741. The van der Waals surface area contributed by atoms with Crippen LogP contribution in [0.5, 0.6) is 0 Å². The van der Waals surface area contributed by atoms with Crippen molar-refractivity contribution < 1.29 is 9.53 Å². The summed E-state index contributed by atoms with van der Waals surface area (Å²) in [6.07, 6.45) is 3.80. The number of hydrogen-bond acceptors (Lipinski definition) is 2. The van der Waals surface area contributed by atoms with Crippen LogP contribution in [0.2, 0.25) is 0 Å². The van der Waals surface area contributed by atoms with Crippen LogP contribution in [0.1, 0.15) is 24.8 Å². The van der Waals surface area contributed by atoms with E-state index in [1.807, 2.05) is 23.1 Å². The summed E-state index contributed by atoms with van der Waals surface area (Å²) in [5.41, 5.74) is 2.37. The maximum absolute atomic E-state index is 12.4. The number of ether oxygens (including phenoxy) is 1. The summed E-state index contributed by atoms with van der Waals surface area (Å²) in [5.74, 6) is 0.148. The fourth-order valence-electron chi connectivity index (χ4n) is 2.71. The lowest BCUT2D eigenvalue weighted by molar-refractivity contribution is -0.127. The van der Waals surface area contributed by atoms with E-state index in [2.05, 4.69) is 6.07 Å². The maximum atomic E-state index is 12.4. The first-order valence-corrected chi connectivity index (χ1v) is 6.37. The first-order chi connectivity index (χ1) is 8.36. The number of fused-ring (bicyclic) bond motifs is 1. The zero-order valence-corrected chi connectivity index (χ0v) is 9.89. The van der Waals surface area contributed by atoms with Gasteiger partial charge in [-0.25, -0.2) is 0 Å². The molecular formula is C14H17NO2. The molecule has 1 saturated heterocycles. The van der Waals surface area contributed by atoms with Crippen molar-refractivity contribution in [2.45, 2.75) is 31.8 Å². The largest absolute Gasteiger partial charge is 0.368 e. The molecule has 0 aliphatic carbocycles. The van der Waals surface area contributed by atoms with Gasteiger partial charge in [0.25, 0.3) is 5.91 Å². The van der Waals surface area contributed by atoms with E-state index in [9.17, 15) is 4.79 Å². The van der Waals surface area contributed by atoms with Crippen LogP contribution in [0.3, 0.4) is 0 Å². The first kappa shape index (κ1) is 10.8. The fourth-order valence-corrected chi connectivity index (χ4v) is 2.71. The van der Waals surface area contributed by atoms with Gasteiger partial charge in [-0.05, 0) is 37.3 Å². The Bertz CT molecular complexity index is 424. The molecule has 1 atom stereocenters. The molecule has 0 spiro atoms. The standard InChI is InChI=1S/C14H17NO2/c16-14(13-8-4-10-17-13)15-9-3-6-11-5-1-2-7-12(11)15/h1-2,5,7,13H,3-4,6,8-10H2/t13-/m0/s1. The lowest BCUT2D eigenvalue weighted by atomic mass is 10.0. The van der Waals surface area contributed by atoms with Crippen molar-refractivity contribution in [1.29, 1.82) is 0 Å². The summed E-state index contributed by atoms with van der Waals surface area (Å²) in [5, 5.41) is 0. The van der Waals surface area contributed by atoms with Crippen LogP contribution >= 0.6 is 0 Å². The lowest BCUT2D eigenvalue weighted by Crippen LogP contribution is -2.41. The van der Waals surface area contributed by atoms with E-state index in [0.717, 1.165) is 44.5 Å². The van der Waals surface area contributed by atoms with Gasteiger partial charge in [-0.15, -0.1) is 0 Å². The highest BCUT2D eigenvalue weighted by atomic mass is 16.5. The van der Waals surface area contributed by atoms with Crippen molar-refractivity contribution in [2.75, 3.05) is 18.1 Å². The van der Waals surface area contributed by atoms with Gasteiger partial charge in [-0.1, -0.05) is 18.2 Å². The van der Waals surface area contributed by atoms with Crippen molar-refractivity contribution in [3.8, 4) is 0 Å². The zero-order valence-electron chi connectivity index (χ0n) is 9.89. The Balaban J connectivity index is 1.86. The number of amides is 1. The molecule has 0 bridgehead atoms. The SMILES string of the molecule is O=C([C@@H]1CCCO1)N1CCCc2ccccc21. The van der Waals surface area contributed by atoms with Gasteiger partial charge in [0.05, 0.1) is 0 Å². The fraction of sp³-hybridized carbons (Fsp3) is 0.500. The highest BCUT2D eigenvalue weighted by Gasteiger charge is 2.31. The highest BCUT2D eigenvalue weighted by molar-refractivity contribution is 5.97. The average Bonchev–Trinajstić information content (AvgIpc) is 2.91. The van der Waals surface area contributed by atoms with Gasteiger partial charge in [0, 0.05) is 18.8 Å². The predicted octanol–water partition coefficient (Wildman–Crippen LogP) is 2.14. The minimum atomic E-state index is -0.207. The first-order valence-electron chi connectivity index (χ1n) is 6.37. The number of aryl methyl sites for hydroxylation is 1. The molecule has 90 valence electrons. The molecule has 3 rings (SSSR count). The molecule has 0 unspecified atom stereocenters. The normalized spacial score (nSPS) is 23.5. The second kappa shape index (κ2) is 4.49. The number of rotatable bonds is 1. The van der Waals surface area contributed by atoms with E-state index in [4.69, 9.17) is 4.74 Å². The van der Waals surface area contributed by atoms with Crippen molar-refractivity contribution >= 4 is 11.6 Å². The Hall–Kier alpha value is -1.35. The summed E-state index contributed by atoms with van der Waals surface area (Å²) < 4.78 is 5.49. The van der Waals surface area contributed by atoms with Gasteiger partial charge < -0.3 is 9.64 Å². The second-order valence-electron chi connectivity index (χ2n) is 4.72. The number of nitrogens with zero attached hydrogens (tertiary/aromatic N) is 1. The zero-order chi connectivity index (χ0) is 11.7. The molecular weight excluding hydrogens is 214 g/mol. The van der Waals surface area contributed by atoms with Crippen molar-refractivity contribution in [2.24, 2.45) is 0 Å². The topological polar surface area (TPSA) is 29.5 Å². The monoisotopic (exact) mass is 231 g/mol. The molecule has 2 aliphatic heterocycles. The molecule has 0 aromatic heterocycles. The van der Waals surface area contributed by atoms with Crippen LogP contribution in [-0.4, -0.2) is 25.2 Å². The van der Waals surface area contributed by atoms with Crippen molar-refractivity contribution in [3.05, 3.63) is 29.8 Å². The van der Waals surface area contributed by atoms with E-state index in [1.54, 1.807) is 0 Å². The molecule has 1 aromatic carbocycles. The highest BCUT2D eigenvalue weighted by Crippen LogP contribution is 2.28. The smallest absolute Gasteiger partial charge is 0.256 e. The van der Waals surface area contributed by atoms with E-state index in [0.29, 0.717) is 0 Å². The molecule has 1 fully saturated rings. The molecule has 2 aliphatic rings. The second-order valence-corrected chi connectivity index (χ2v) is 4.72. The molecule has 1 amide bonds. The minimum absolute atomic E-state index is 0.148. The van der Waals surface area contributed by atoms with Gasteiger partial charge in [-0.2, -0.15) is 0 Å². The summed E-state index contributed by atoms with van der Waals surface area (Å²) >= 11 is 0. The summed E-state index contributed by atoms with van der Waals surface area (Å²) in [7, 11) is 0. The van der Waals surface area contributed by atoms with E-state index < -0.39 is 0 Å². The van der Waals surface area contributed by atoms with Crippen LogP contribution in [-0.2, 0) is 16.0 Å². The summed E-state index contributed by atoms with van der Waals surface area (Å²) in [6.45, 7) is 1.56. The van der Waals surface area contributed by atoms with Crippen LogP contribution < -0.4 is 4.90 Å². The van der Waals surface area contributed by atoms with Crippen LogP contribution in [0.15, 0.2) is 24.3 Å². The summed E-state index contributed by atoms with van der Waals surface area (Å²) in [6, 6.07) is 8.20. The average molecular weight is 231 g/mol. The van der Waals surface area contributed by atoms with Crippen molar-refractivity contribution in [1.82, 2.24) is 0 Å². The third-order valence-corrected chi connectivity index (χ3v) is 3.58. The molecule has 0 saturated carbocycles. The minimum Gasteiger partial charge on any atom is -0.368 e. The van der Waals surface area contributed by atoms with Crippen molar-refractivity contribution in [3.63, 3.8) is 0 Å². The molecule has 1 aromatic rings. The van der Waals surface area contributed by atoms with Crippen LogP contribution in [0.25, 0.3) is 0 Å². The van der Waals surface area contributed by atoms with E-state index in [1.165, 1.54) is 5.56 Å². The van der Waals surface area contributed by atoms with Gasteiger partial charge in [0.15, 0.2) is 0 Å². The van der Waals surface area contributed by atoms with Crippen LogP contribution in [0, 0.1) is 0 Å². The van der Waals surface area contributed by atoms with E-state index in [-0.39, 0.29) is 12.0 Å². The molecule has 3 heteroatoms. The molecule has 0 radical (unpaired) electrons. The molecule has 0 N–H and O–H groups in total. The number of hydrogen-bond donors (Lipinski definition) is 0. The maximum Gasteiger partial charge on any atom is 0.256 e. The van der Waals surface area contributed by atoms with Gasteiger partial charge in [-0.3, -0.25) is 4.79 Å². The lowest BCUT2D eigenvalue weighted by Gasteiger charge is -2.31. The molecule has 2 heterocycles. The van der Waals surface area contributed by atoms with Crippen LogP contribution in [0.4, 0.5) is 5.69 Å². The number of para-hydroxylation sites is 1. The Morgan fingerprint density at radius 1 is 1.29 bits per heavy atom. The van der Waals surface area contributed by atoms with Gasteiger partial charge in [0.2, 0.25) is 0 Å². The Kier molecular flexibility index (Phi) is 2.85. The Morgan fingerprint density at radius 2 is 2.18 bits per heavy atom. The number of anilines is 1. The Morgan fingerprint density at radius 3 is 3.00 bits per heavy atom. The summed E-state index contributed by atoms with van der Waals surface area (Å²) in [4.78, 5) is 14.3. The third kappa shape index (κ3) is 1.95. The van der Waals surface area contributed by atoms with E-state index >= 15 is 0 Å². The van der Waals surface area contributed by atoms with Gasteiger partial charge in [0.1, 0.15) is 6.10 Å². The van der Waals surface area contributed by atoms with Gasteiger partial charge >= 0.3 is 0 Å². The third-order valence-electron chi connectivity index (χ3n) is 3.58. The number of benzene rings is 1. The number of carbonyl (C=O) groups excluding carboxylic acids is 1. The predicted molar refractivity (Wildman–Crippen MR) is 66.1 cm³/mol.